The fourth-order valence-corrected chi connectivity index (χ4v) is 2.70. The summed E-state index contributed by atoms with van der Waals surface area (Å²) < 4.78 is 39.1. The SMILES string of the molecule is COC1=CC(=O)C2=C(/C=C\C[C@H](O)[C@H](O)C(=O)/C=C\C[C@H](C)OC2=O)C1(F)F. The highest BCUT2D eigenvalue weighted by Crippen LogP contribution is 2.39. The minimum atomic E-state index is -3.80. The van der Waals surface area contributed by atoms with Gasteiger partial charge in [0.25, 0.3) is 0 Å². The van der Waals surface area contributed by atoms with Gasteiger partial charge in [0.15, 0.2) is 17.3 Å². The maximum absolute atomic E-state index is 14.7. The molecule has 9 heteroatoms. The summed E-state index contributed by atoms with van der Waals surface area (Å²) >= 11 is 0. The number of methoxy groups -OCH3 is 1. The van der Waals surface area contributed by atoms with Crippen molar-refractivity contribution in [3.05, 3.63) is 47.3 Å². The van der Waals surface area contributed by atoms with Crippen molar-refractivity contribution in [1.29, 1.82) is 0 Å². The molecule has 2 rings (SSSR count). The molecule has 0 fully saturated rings. The number of hydrogen-bond acceptors (Lipinski definition) is 7. The van der Waals surface area contributed by atoms with Crippen molar-refractivity contribution < 1.29 is 42.9 Å². The van der Waals surface area contributed by atoms with Gasteiger partial charge in [0.05, 0.1) is 13.2 Å². The highest BCUT2D eigenvalue weighted by molar-refractivity contribution is 6.24. The molecule has 0 amide bonds. The van der Waals surface area contributed by atoms with Crippen molar-refractivity contribution in [2.75, 3.05) is 7.11 Å². The Kier molecular flexibility index (Phi) is 6.63. The molecule has 0 spiro atoms. The molecule has 0 radical (unpaired) electrons. The molecular weight excluding hydrogens is 378 g/mol. The number of hydrogen-bond donors (Lipinski definition) is 2. The summed E-state index contributed by atoms with van der Waals surface area (Å²) in [4.78, 5) is 36.5. The lowest BCUT2D eigenvalue weighted by molar-refractivity contribution is -0.144. The van der Waals surface area contributed by atoms with Gasteiger partial charge in [0, 0.05) is 18.1 Å². The molecule has 1 aliphatic carbocycles. The van der Waals surface area contributed by atoms with E-state index in [1.165, 1.54) is 13.0 Å². The molecule has 28 heavy (non-hydrogen) atoms. The Labute approximate surface area is 159 Å². The van der Waals surface area contributed by atoms with Crippen LogP contribution in [0.25, 0.3) is 0 Å². The summed E-state index contributed by atoms with van der Waals surface area (Å²) in [5.74, 6) is -7.76. The van der Waals surface area contributed by atoms with E-state index in [0.717, 1.165) is 25.3 Å². The van der Waals surface area contributed by atoms with Gasteiger partial charge >= 0.3 is 11.9 Å². The second-order valence-electron chi connectivity index (χ2n) is 6.35. The van der Waals surface area contributed by atoms with E-state index in [1.54, 1.807) is 0 Å². The van der Waals surface area contributed by atoms with Crippen LogP contribution in [0.4, 0.5) is 8.78 Å². The van der Waals surface area contributed by atoms with Crippen LogP contribution in [0.5, 0.6) is 0 Å². The molecule has 0 aromatic carbocycles. The molecule has 2 N–H and O–H groups in total. The van der Waals surface area contributed by atoms with E-state index in [1.807, 2.05) is 0 Å². The molecular formula is C19H20F2O7. The van der Waals surface area contributed by atoms with E-state index in [9.17, 15) is 33.4 Å². The number of esters is 1. The zero-order valence-corrected chi connectivity index (χ0v) is 15.2. The first-order valence-corrected chi connectivity index (χ1v) is 8.46. The Morgan fingerprint density at radius 3 is 2.43 bits per heavy atom. The largest absolute Gasteiger partial charge is 0.494 e. The third-order valence-corrected chi connectivity index (χ3v) is 4.23. The summed E-state index contributed by atoms with van der Waals surface area (Å²) in [5.41, 5.74) is -1.80. The van der Waals surface area contributed by atoms with Crippen LogP contribution in [0, 0.1) is 0 Å². The van der Waals surface area contributed by atoms with Crippen LogP contribution >= 0.6 is 0 Å². The number of halogens is 2. The van der Waals surface area contributed by atoms with Crippen molar-refractivity contribution in [3.8, 4) is 0 Å². The van der Waals surface area contributed by atoms with E-state index < -0.39 is 58.7 Å². The first-order chi connectivity index (χ1) is 13.1. The lowest BCUT2D eigenvalue weighted by Gasteiger charge is -2.26. The molecule has 1 heterocycles. The summed E-state index contributed by atoms with van der Waals surface area (Å²) in [6.07, 6.45) is 0.192. The number of alkyl halides is 2. The quantitative estimate of drug-likeness (QED) is 0.504. The predicted octanol–water partition coefficient (Wildman–Crippen LogP) is 1.16. The number of carbonyl (C=O) groups is 3. The van der Waals surface area contributed by atoms with Gasteiger partial charge in [-0.25, -0.2) is 4.79 Å². The van der Waals surface area contributed by atoms with Gasteiger partial charge < -0.3 is 19.7 Å². The first kappa shape index (κ1) is 21.6. The van der Waals surface area contributed by atoms with Crippen LogP contribution < -0.4 is 0 Å². The van der Waals surface area contributed by atoms with Crippen LogP contribution in [0.3, 0.4) is 0 Å². The molecule has 0 aromatic heterocycles. The summed E-state index contributed by atoms with van der Waals surface area (Å²) in [7, 11) is 0.962. The third kappa shape index (κ3) is 4.42. The molecule has 0 aromatic rings. The minimum absolute atomic E-state index is 0.0302. The fourth-order valence-electron chi connectivity index (χ4n) is 2.70. The van der Waals surface area contributed by atoms with Gasteiger partial charge in [-0.2, -0.15) is 8.78 Å². The molecule has 2 aliphatic rings. The van der Waals surface area contributed by atoms with Gasteiger partial charge in [-0.1, -0.05) is 18.2 Å². The average Bonchev–Trinajstić information content (AvgIpc) is 2.62. The second-order valence-corrected chi connectivity index (χ2v) is 6.35. The third-order valence-electron chi connectivity index (χ3n) is 4.23. The maximum atomic E-state index is 14.7. The van der Waals surface area contributed by atoms with Crippen molar-refractivity contribution in [3.63, 3.8) is 0 Å². The number of cyclic esters (lactones) is 1. The van der Waals surface area contributed by atoms with E-state index in [4.69, 9.17) is 4.74 Å². The summed E-state index contributed by atoms with van der Waals surface area (Å²) in [6.45, 7) is 1.45. The maximum Gasteiger partial charge on any atom is 0.342 e. The Morgan fingerprint density at radius 2 is 1.79 bits per heavy atom. The molecule has 0 bridgehead atoms. The van der Waals surface area contributed by atoms with E-state index in [2.05, 4.69) is 4.74 Å². The number of aliphatic hydroxyl groups excluding tert-OH is 2. The predicted molar refractivity (Wildman–Crippen MR) is 92.2 cm³/mol. The van der Waals surface area contributed by atoms with Gasteiger partial charge in [0.1, 0.15) is 17.8 Å². The Balaban J connectivity index is 2.53. The van der Waals surface area contributed by atoms with Crippen LogP contribution in [-0.2, 0) is 23.9 Å². The Morgan fingerprint density at radius 1 is 1.14 bits per heavy atom. The normalized spacial score (nSPS) is 31.3. The molecule has 3 atom stereocenters. The van der Waals surface area contributed by atoms with Crippen molar-refractivity contribution in [1.82, 2.24) is 0 Å². The zero-order chi connectivity index (χ0) is 21.1. The molecule has 0 unspecified atom stereocenters. The number of allylic oxidation sites excluding steroid dienone is 3. The van der Waals surface area contributed by atoms with E-state index in [-0.39, 0.29) is 12.8 Å². The Hall–Kier alpha value is -2.65. The van der Waals surface area contributed by atoms with Crippen molar-refractivity contribution >= 4 is 17.5 Å². The fraction of sp³-hybridized carbons (Fsp3) is 0.421. The molecule has 0 saturated carbocycles. The van der Waals surface area contributed by atoms with Gasteiger partial charge in [-0.05, 0) is 19.4 Å². The molecule has 7 nitrogen and oxygen atoms in total. The topological polar surface area (TPSA) is 110 Å². The monoisotopic (exact) mass is 398 g/mol. The zero-order valence-electron chi connectivity index (χ0n) is 15.2. The lowest BCUT2D eigenvalue weighted by atomic mass is 9.90. The molecule has 0 saturated heterocycles. The van der Waals surface area contributed by atoms with Gasteiger partial charge in [-0.3, -0.25) is 9.59 Å². The number of ether oxygens (including phenoxy) is 2. The van der Waals surface area contributed by atoms with E-state index in [0.29, 0.717) is 6.08 Å². The van der Waals surface area contributed by atoms with Crippen LogP contribution in [0.1, 0.15) is 19.8 Å². The van der Waals surface area contributed by atoms with Crippen LogP contribution in [0.2, 0.25) is 0 Å². The lowest BCUT2D eigenvalue weighted by Crippen LogP contribution is -2.34. The highest BCUT2D eigenvalue weighted by atomic mass is 19.3. The number of carbonyl (C=O) groups excluding carboxylic acids is 3. The number of aliphatic hydroxyl groups is 2. The van der Waals surface area contributed by atoms with Crippen molar-refractivity contribution in [2.24, 2.45) is 0 Å². The van der Waals surface area contributed by atoms with Crippen molar-refractivity contribution in [2.45, 2.75) is 44.0 Å². The first-order valence-electron chi connectivity index (χ1n) is 8.46. The van der Waals surface area contributed by atoms with Crippen LogP contribution in [-0.4, -0.2) is 59.1 Å². The number of rotatable bonds is 1. The minimum Gasteiger partial charge on any atom is -0.494 e. The highest BCUT2D eigenvalue weighted by Gasteiger charge is 2.47. The summed E-state index contributed by atoms with van der Waals surface area (Å²) in [6, 6.07) is 0. The average molecular weight is 398 g/mol. The standard InChI is InChI=1S/C19H20F2O7/c1-10-5-3-7-12(22)17(25)13(23)8-4-6-11-16(18(26)28-10)14(24)9-15(27-2)19(11,20)21/h3-4,6-7,9-10,13,17,23,25H,5,8H2,1-2H3/b6-4-,7-3-/t10-,13-,17+/m0/s1. The number of ketones is 2. The summed E-state index contributed by atoms with van der Waals surface area (Å²) in [5, 5.41) is 19.7. The molecule has 152 valence electrons. The Bertz CT molecular complexity index is 792. The van der Waals surface area contributed by atoms with Gasteiger partial charge in [0.2, 0.25) is 0 Å². The van der Waals surface area contributed by atoms with Crippen LogP contribution in [0.15, 0.2) is 47.3 Å². The van der Waals surface area contributed by atoms with Gasteiger partial charge in [-0.15, -0.1) is 0 Å². The second kappa shape index (κ2) is 8.57. The smallest absolute Gasteiger partial charge is 0.342 e. The van der Waals surface area contributed by atoms with E-state index >= 15 is 0 Å². The molecule has 1 aliphatic heterocycles.